The van der Waals surface area contributed by atoms with Crippen molar-refractivity contribution in [1.29, 1.82) is 0 Å². The second-order valence-electron chi connectivity index (χ2n) is 6.04. The molecule has 1 N–H and O–H groups in total. The van der Waals surface area contributed by atoms with Crippen molar-refractivity contribution < 1.29 is 0 Å². The lowest BCUT2D eigenvalue weighted by atomic mass is 10.0. The molecular weight excluding hydrogens is 250 g/mol. The van der Waals surface area contributed by atoms with Gasteiger partial charge in [0, 0.05) is 49.7 Å². The minimum atomic E-state index is 0.815. The number of anilines is 1. The van der Waals surface area contributed by atoms with E-state index in [1.165, 1.54) is 13.1 Å². The number of aromatic amines is 1. The fourth-order valence-electron chi connectivity index (χ4n) is 3.57. The van der Waals surface area contributed by atoms with Crippen molar-refractivity contribution in [3.63, 3.8) is 0 Å². The molecule has 2 atom stereocenters. The van der Waals surface area contributed by atoms with E-state index in [2.05, 4.69) is 44.2 Å². The molecule has 2 aliphatic rings. The molecule has 0 spiro atoms. The molecule has 5 nitrogen and oxygen atoms in total. The highest BCUT2D eigenvalue weighted by Gasteiger charge is 2.38. The predicted molar refractivity (Wildman–Crippen MR) is 78.5 cm³/mol. The van der Waals surface area contributed by atoms with E-state index >= 15 is 0 Å². The van der Waals surface area contributed by atoms with Gasteiger partial charge in [0.05, 0.1) is 6.20 Å². The molecule has 2 aromatic rings. The van der Waals surface area contributed by atoms with Crippen LogP contribution < -0.4 is 4.90 Å². The molecule has 2 aromatic heterocycles. The number of likely N-dealkylation sites (tertiary alicyclic amines) is 1. The Morgan fingerprint density at radius 3 is 2.45 bits per heavy atom. The average molecular weight is 269 g/mol. The number of pyridine rings is 1. The summed E-state index contributed by atoms with van der Waals surface area (Å²) in [5, 5.41) is 6.81. The fraction of sp³-hybridized carbons (Fsp3) is 0.467. The van der Waals surface area contributed by atoms with Gasteiger partial charge in [-0.05, 0) is 31.0 Å². The number of nitrogens with one attached hydrogen (secondary N) is 1. The Morgan fingerprint density at radius 2 is 1.85 bits per heavy atom. The monoisotopic (exact) mass is 269 g/mol. The molecule has 0 amide bonds. The van der Waals surface area contributed by atoms with E-state index in [0.717, 1.165) is 41.9 Å². The number of nitrogens with zero attached hydrogens (tertiary/aromatic N) is 4. The van der Waals surface area contributed by atoms with E-state index in [0.29, 0.717) is 0 Å². The van der Waals surface area contributed by atoms with E-state index in [4.69, 9.17) is 0 Å². The van der Waals surface area contributed by atoms with Crippen LogP contribution >= 0.6 is 0 Å². The van der Waals surface area contributed by atoms with Gasteiger partial charge < -0.3 is 9.80 Å². The molecule has 0 bridgehead atoms. The van der Waals surface area contributed by atoms with Gasteiger partial charge in [0.1, 0.15) is 5.82 Å². The number of fused-ring (bicyclic) bond motifs is 1. The zero-order valence-corrected chi connectivity index (χ0v) is 11.7. The van der Waals surface area contributed by atoms with Crippen LogP contribution in [-0.2, 0) is 0 Å². The molecule has 2 aliphatic heterocycles. The SMILES string of the molecule is CN1CC2CN(c3ccc(-c4cn[nH]c4)cn3)CC2C1. The predicted octanol–water partition coefficient (Wildman–Crippen LogP) is 1.47. The third-order valence-electron chi connectivity index (χ3n) is 4.57. The van der Waals surface area contributed by atoms with E-state index in [1.54, 1.807) is 0 Å². The Balaban J connectivity index is 1.50. The normalized spacial score (nSPS) is 26.1. The molecule has 2 unspecified atom stereocenters. The van der Waals surface area contributed by atoms with Gasteiger partial charge in [-0.2, -0.15) is 5.10 Å². The first-order valence-corrected chi connectivity index (χ1v) is 7.18. The Kier molecular flexibility index (Phi) is 2.73. The molecular formula is C15H19N5. The molecule has 5 heteroatoms. The van der Waals surface area contributed by atoms with Crippen LogP contribution in [0.3, 0.4) is 0 Å². The molecule has 0 aromatic carbocycles. The van der Waals surface area contributed by atoms with Gasteiger partial charge in [-0.1, -0.05) is 0 Å². The van der Waals surface area contributed by atoms with E-state index < -0.39 is 0 Å². The zero-order chi connectivity index (χ0) is 13.5. The fourth-order valence-corrected chi connectivity index (χ4v) is 3.57. The minimum Gasteiger partial charge on any atom is -0.356 e. The van der Waals surface area contributed by atoms with Gasteiger partial charge in [-0.25, -0.2) is 4.98 Å². The Morgan fingerprint density at radius 1 is 1.05 bits per heavy atom. The number of aromatic nitrogens is 3. The van der Waals surface area contributed by atoms with Crippen molar-refractivity contribution in [2.24, 2.45) is 11.8 Å². The Bertz CT molecular complexity index is 563. The highest BCUT2D eigenvalue weighted by molar-refractivity contribution is 5.62. The van der Waals surface area contributed by atoms with Crippen molar-refractivity contribution in [3.8, 4) is 11.1 Å². The van der Waals surface area contributed by atoms with Gasteiger partial charge in [0.15, 0.2) is 0 Å². The highest BCUT2D eigenvalue weighted by atomic mass is 15.3. The minimum absolute atomic E-state index is 0.815. The lowest BCUT2D eigenvalue weighted by Gasteiger charge is -2.20. The first-order chi connectivity index (χ1) is 9.79. The highest BCUT2D eigenvalue weighted by Crippen LogP contribution is 2.32. The number of rotatable bonds is 2. The van der Waals surface area contributed by atoms with Crippen LogP contribution in [0.5, 0.6) is 0 Å². The van der Waals surface area contributed by atoms with Crippen molar-refractivity contribution in [2.75, 3.05) is 38.1 Å². The molecule has 2 saturated heterocycles. The summed E-state index contributed by atoms with van der Waals surface area (Å²) in [6.07, 6.45) is 5.67. The summed E-state index contributed by atoms with van der Waals surface area (Å²) in [4.78, 5) is 9.51. The summed E-state index contributed by atoms with van der Waals surface area (Å²) in [6, 6.07) is 4.26. The summed E-state index contributed by atoms with van der Waals surface area (Å²) >= 11 is 0. The van der Waals surface area contributed by atoms with Crippen LogP contribution in [0.4, 0.5) is 5.82 Å². The lowest BCUT2D eigenvalue weighted by Crippen LogP contribution is -2.27. The standard InChI is InChI=1S/C15H19N5/c1-19-7-13-9-20(10-14(13)8-19)15-3-2-11(4-16-15)12-5-17-18-6-12/h2-6,13-14H,7-10H2,1H3,(H,17,18). The first-order valence-electron chi connectivity index (χ1n) is 7.18. The molecule has 20 heavy (non-hydrogen) atoms. The quantitative estimate of drug-likeness (QED) is 0.897. The van der Waals surface area contributed by atoms with Crippen LogP contribution in [0.25, 0.3) is 11.1 Å². The van der Waals surface area contributed by atoms with E-state index in [1.807, 2.05) is 18.6 Å². The van der Waals surface area contributed by atoms with E-state index in [9.17, 15) is 0 Å². The van der Waals surface area contributed by atoms with Crippen LogP contribution in [0.15, 0.2) is 30.7 Å². The Labute approximate surface area is 118 Å². The average Bonchev–Trinajstić information content (AvgIpc) is 3.13. The molecule has 4 rings (SSSR count). The first kappa shape index (κ1) is 11.9. The van der Waals surface area contributed by atoms with Crippen molar-refractivity contribution >= 4 is 5.82 Å². The number of hydrogen-bond acceptors (Lipinski definition) is 4. The summed E-state index contributed by atoms with van der Waals surface area (Å²) in [6.45, 7) is 4.75. The van der Waals surface area contributed by atoms with Gasteiger partial charge in [-0.15, -0.1) is 0 Å². The van der Waals surface area contributed by atoms with Crippen LogP contribution in [-0.4, -0.2) is 53.3 Å². The topological polar surface area (TPSA) is 48.0 Å². The maximum Gasteiger partial charge on any atom is 0.128 e. The number of hydrogen-bond donors (Lipinski definition) is 1. The van der Waals surface area contributed by atoms with Crippen molar-refractivity contribution in [3.05, 3.63) is 30.7 Å². The van der Waals surface area contributed by atoms with Crippen molar-refractivity contribution in [2.45, 2.75) is 0 Å². The van der Waals surface area contributed by atoms with Gasteiger partial charge >= 0.3 is 0 Å². The van der Waals surface area contributed by atoms with Crippen LogP contribution in [0.1, 0.15) is 0 Å². The lowest BCUT2D eigenvalue weighted by molar-refractivity contribution is 0.387. The summed E-state index contributed by atoms with van der Waals surface area (Å²) in [5.41, 5.74) is 2.20. The summed E-state index contributed by atoms with van der Waals surface area (Å²) < 4.78 is 0. The molecule has 0 saturated carbocycles. The second kappa shape index (κ2) is 4.59. The molecule has 2 fully saturated rings. The summed E-state index contributed by atoms with van der Waals surface area (Å²) in [7, 11) is 2.22. The largest absolute Gasteiger partial charge is 0.356 e. The second-order valence-corrected chi connectivity index (χ2v) is 6.04. The van der Waals surface area contributed by atoms with Gasteiger partial charge in [0.25, 0.3) is 0 Å². The van der Waals surface area contributed by atoms with Crippen molar-refractivity contribution in [1.82, 2.24) is 20.1 Å². The summed E-state index contributed by atoms with van der Waals surface area (Å²) in [5.74, 6) is 2.74. The number of H-pyrrole nitrogens is 1. The maximum atomic E-state index is 4.63. The smallest absolute Gasteiger partial charge is 0.128 e. The third kappa shape index (κ3) is 1.98. The van der Waals surface area contributed by atoms with Crippen LogP contribution in [0.2, 0.25) is 0 Å². The van der Waals surface area contributed by atoms with Gasteiger partial charge in [-0.3, -0.25) is 5.10 Å². The molecule has 4 heterocycles. The third-order valence-corrected chi connectivity index (χ3v) is 4.57. The molecule has 0 aliphatic carbocycles. The molecule has 0 radical (unpaired) electrons. The van der Waals surface area contributed by atoms with Crippen LogP contribution in [0, 0.1) is 11.8 Å². The maximum absolute atomic E-state index is 4.63. The molecule has 104 valence electrons. The van der Waals surface area contributed by atoms with E-state index in [-0.39, 0.29) is 0 Å². The van der Waals surface area contributed by atoms with Gasteiger partial charge in [0.2, 0.25) is 0 Å². The zero-order valence-electron chi connectivity index (χ0n) is 11.7. The Hall–Kier alpha value is -1.88.